The number of halogens is 2. The standard InChI is InChI=1S/C15H10BrClN2O2S/c16-9-5-6-11-13(7-9)22-15(18-11)19-14(20)8-21-12-4-2-1-3-10(12)17/h1-7H,8H2,(H,18,19,20). The van der Waals surface area contributed by atoms with Gasteiger partial charge in [0.05, 0.1) is 15.2 Å². The molecule has 0 fully saturated rings. The Hall–Kier alpha value is -1.63. The Morgan fingerprint density at radius 2 is 2.14 bits per heavy atom. The number of thiazole rings is 1. The van der Waals surface area contributed by atoms with Gasteiger partial charge in [-0.05, 0) is 30.3 Å². The average Bonchev–Trinajstić information content (AvgIpc) is 2.87. The second-order valence-electron chi connectivity index (χ2n) is 4.40. The molecule has 1 amide bonds. The summed E-state index contributed by atoms with van der Waals surface area (Å²) in [6.45, 7) is -0.122. The number of carbonyl (C=O) groups is 1. The maximum atomic E-state index is 11.9. The molecule has 0 atom stereocenters. The summed E-state index contributed by atoms with van der Waals surface area (Å²) in [5, 5.41) is 3.74. The van der Waals surface area contributed by atoms with E-state index < -0.39 is 0 Å². The Balaban J connectivity index is 1.64. The van der Waals surface area contributed by atoms with Crippen LogP contribution in [-0.2, 0) is 4.79 Å². The first-order chi connectivity index (χ1) is 10.6. The molecule has 1 aromatic heterocycles. The van der Waals surface area contributed by atoms with Gasteiger partial charge in [-0.2, -0.15) is 0 Å². The van der Waals surface area contributed by atoms with Crippen LogP contribution in [0.5, 0.6) is 5.75 Å². The van der Waals surface area contributed by atoms with E-state index in [2.05, 4.69) is 26.2 Å². The van der Waals surface area contributed by atoms with Crippen LogP contribution in [-0.4, -0.2) is 17.5 Å². The predicted molar refractivity (Wildman–Crippen MR) is 92.9 cm³/mol. The monoisotopic (exact) mass is 396 g/mol. The Labute approximate surface area is 144 Å². The van der Waals surface area contributed by atoms with Crippen LogP contribution in [0.25, 0.3) is 10.2 Å². The van der Waals surface area contributed by atoms with E-state index in [0.717, 1.165) is 14.7 Å². The van der Waals surface area contributed by atoms with Gasteiger partial charge in [0, 0.05) is 4.47 Å². The maximum Gasteiger partial charge on any atom is 0.264 e. The normalized spacial score (nSPS) is 10.6. The summed E-state index contributed by atoms with van der Waals surface area (Å²) in [6.07, 6.45) is 0. The maximum absolute atomic E-state index is 11.9. The minimum Gasteiger partial charge on any atom is -0.482 e. The molecule has 4 nitrogen and oxygen atoms in total. The summed E-state index contributed by atoms with van der Waals surface area (Å²) in [7, 11) is 0. The lowest BCUT2D eigenvalue weighted by atomic mass is 10.3. The summed E-state index contributed by atoms with van der Waals surface area (Å²) >= 11 is 10.8. The fraction of sp³-hybridized carbons (Fsp3) is 0.0667. The molecule has 22 heavy (non-hydrogen) atoms. The number of nitrogens with zero attached hydrogens (tertiary/aromatic N) is 1. The lowest BCUT2D eigenvalue weighted by Crippen LogP contribution is -2.20. The van der Waals surface area contributed by atoms with E-state index >= 15 is 0 Å². The van der Waals surface area contributed by atoms with E-state index in [-0.39, 0.29) is 12.5 Å². The van der Waals surface area contributed by atoms with E-state index in [4.69, 9.17) is 16.3 Å². The summed E-state index contributed by atoms with van der Waals surface area (Å²) in [5.74, 6) is 0.200. The molecule has 0 spiro atoms. The second-order valence-corrected chi connectivity index (χ2v) is 6.75. The molecule has 3 rings (SSSR count). The summed E-state index contributed by atoms with van der Waals surface area (Å²) in [6, 6.07) is 12.8. The van der Waals surface area contributed by atoms with Crippen molar-refractivity contribution in [3.63, 3.8) is 0 Å². The highest BCUT2D eigenvalue weighted by Gasteiger charge is 2.09. The van der Waals surface area contributed by atoms with Crippen molar-refractivity contribution >= 4 is 60.1 Å². The minimum absolute atomic E-state index is 0.122. The lowest BCUT2D eigenvalue weighted by molar-refractivity contribution is -0.118. The minimum atomic E-state index is -0.280. The molecule has 0 aliphatic heterocycles. The molecule has 0 radical (unpaired) electrons. The predicted octanol–water partition coefficient (Wildman–Crippen LogP) is 4.73. The highest BCUT2D eigenvalue weighted by molar-refractivity contribution is 9.10. The molecule has 3 aromatic rings. The van der Waals surface area contributed by atoms with Crippen LogP contribution in [0.1, 0.15) is 0 Å². The fourth-order valence-corrected chi connectivity index (χ4v) is 3.44. The van der Waals surface area contributed by atoms with Crippen molar-refractivity contribution in [3.05, 3.63) is 52.0 Å². The Morgan fingerprint density at radius 1 is 1.32 bits per heavy atom. The van der Waals surface area contributed by atoms with Crippen molar-refractivity contribution in [2.24, 2.45) is 0 Å². The number of nitrogens with one attached hydrogen (secondary N) is 1. The van der Waals surface area contributed by atoms with E-state index in [1.165, 1.54) is 11.3 Å². The van der Waals surface area contributed by atoms with Crippen LogP contribution >= 0.6 is 38.9 Å². The highest BCUT2D eigenvalue weighted by Crippen LogP contribution is 2.28. The Kier molecular flexibility index (Phi) is 4.61. The molecular formula is C15H10BrClN2O2S. The SMILES string of the molecule is O=C(COc1ccccc1Cl)Nc1nc2ccc(Br)cc2s1. The molecule has 0 aliphatic carbocycles. The zero-order valence-electron chi connectivity index (χ0n) is 11.2. The molecule has 0 bridgehead atoms. The third-order valence-electron chi connectivity index (χ3n) is 2.79. The van der Waals surface area contributed by atoms with Gasteiger partial charge < -0.3 is 4.74 Å². The fourth-order valence-electron chi connectivity index (χ4n) is 1.81. The largest absolute Gasteiger partial charge is 0.482 e. The third-order valence-corrected chi connectivity index (χ3v) is 4.53. The zero-order valence-corrected chi connectivity index (χ0v) is 14.3. The third kappa shape index (κ3) is 3.58. The molecule has 0 unspecified atom stereocenters. The van der Waals surface area contributed by atoms with Crippen LogP contribution in [0.2, 0.25) is 5.02 Å². The summed E-state index contributed by atoms with van der Waals surface area (Å²) in [4.78, 5) is 16.3. The number of amides is 1. The number of carbonyl (C=O) groups excluding carboxylic acids is 1. The molecule has 1 heterocycles. The first kappa shape index (κ1) is 15.3. The number of hydrogen-bond donors (Lipinski definition) is 1. The van der Waals surface area contributed by atoms with Crippen molar-refractivity contribution in [2.75, 3.05) is 11.9 Å². The van der Waals surface area contributed by atoms with Gasteiger partial charge in [-0.1, -0.05) is 51.0 Å². The molecule has 112 valence electrons. The lowest BCUT2D eigenvalue weighted by Gasteiger charge is -2.06. The molecule has 1 N–H and O–H groups in total. The van der Waals surface area contributed by atoms with Crippen molar-refractivity contribution in [1.29, 1.82) is 0 Å². The first-order valence-corrected chi connectivity index (χ1v) is 8.34. The van der Waals surface area contributed by atoms with Gasteiger partial charge in [-0.25, -0.2) is 4.98 Å². The van der Waals surface area contributed by atoms with Crippen molar-refractivity contribution in [2.45, 2.75) is 0 Å². The number of hydrogen-bond acceptors (Lipinski definition) is 4. The summed E-state index contributed by atoms with van der Waals surface area (Å²) in [5.41, 5.74) is 0.843. The number of rotatable bonds is 4. The van der Waals surface area contributed by atoms with E-state index in [1.807, 2.05) is 18.2 Å². The van der Waals surface area contributed by atoms with E-state index in [0.29, 0.717) is 15.9 Å². The van der Waals surface area contributed by atoms with Crippen LogP contribution in [0, 0.1) is 0 Å². The molecule has 0 saturated heterocycles. The smallest absolute Gasteiger partial charge is 0.264 e. The number of ether oxygens (including phenoxy) is 1. The van der Waals surface area contributed by atoms with Crippen molar-refractivity contribution in [1.82, 2.24) is 4.98 Å². The van der Waals surface area contributed by atoms with Crippen molar-refractivity contribution in [3.8, 4) is 5.75 Å². The number of benzene rings is 2. The molecule has 0 aliphatic rings. The van der Waals surface area contributed by atoms with Gasteiger partial charge in [0.2, 0.25) is 0 Å². The number of para-hydroxylation sites is 1. The van der Waals surface area contributed by atoms with Crippen LogP contribution < -0.4 is 10.1 Å². The van der Waals surface area contributed by atoms with E-state index in [1.54, 1.807) is 24.3 Å². The second kappa shape index (κ2) is 6.64. The van der Waals surface area contributed by atoms with Gasteiger partial charge in [-0.15, -0.1) is 0 Å². The Morgan fingerprint density at radius 3 is 2.95 bits per heavy atom. The van der Waals surface area contributed by atoms with Crippen molar-refractivity contribution < 1.29 is 9.53 Å². The quantitative estimate of drug-likeness (QED) is 0.692. The number of fused-ring (bicyclic) bond motifs is 1. The Bertz CT molecular complexity index is 837. The number of aromatic nitrogens is 1. The van der Waals surface area contributed by atoms with Gasteiger partial charge in [-0.3, -0.25) is 10.1 Å². The van der Waals surface area contributed by atoms with Gasteiger partial charge >= 0.3 is 0 Å². The van der Waals surface area contributed by atoms with Crippen LogP contribution in [0.4, 0.5) is 5.13 Å². The molecule has 2 aromatic carbocycles. The molecule has 0 saturated carbocycles. The summed E-state index contributed by atoms with van der Waals surface area (Å²) < 4.78 is 7.36. The molecular weight excluding hydrogens is 388 g/mol. The van der Waals surface area contributed by atoms with Gasteiger partial charge in [0.1, 0.15) is 5.75 Å². The zero-order chi connectivity index (χ0) is 15.5. The highest BCUT2D eigenvalue weighted by atomic mass is 79.9. The van der Waals surface area contributed by atoms with Crippen LogP contribution in [0.15, 0.2) is 46.9 Å². The topological polar surface area (TPSA) is 51.2 Å². The number of anilines is 1. The molecule has 7 heteroatoms. The average molecular weight is 398 g/mol. The van der Waals surface area contributed by atoms with Gasteiger partial charge in [0.25, 0.3) is 5.91 Å². The van der Waals surface area contributed by atoms with E-state index in [9.17, 15) is 4.79 Å². The van der Waals surface area contributed by atoms with Gasteiger partial charge in [0.15, 0.2) is 11.7 Å². The van der Waals surface area contributed by atoms with Crippen LogP contribution in [0.3, 0.4) is 0 Å². The first-order valence-electron chi connectivity index (χ1n) is 6.35.